The van der Waals surface area contributed by atoms with Gasteiger partial charge in [-0.25, -0.2) is 4.98 Å². The van der Waals surface area contributed by atoms with Crippen molar-refractivity contribution < 1.29 is 9.53 Å². The summed E-state index contributed by atoms with van der Waals surface area (Å²) < 4.78 is 5.09. The van der Waals surface area contributed by atoms with Gasteiger partial charge in [0.25, 0.3) is 0 Å². The van der Waals surface area contributed by atoms with E-state index < -0.39 is 0 Å². The molecule has 5 heteroatoms. The number of aromatic nitrogens is 2. The summed E-state index contributed by atoms with van der Waals surface area (Å²) in [5.41, 5.74) is 2.37. The smallest absolute Gasteiger partial charge is 0.225 e. The minimum atomic E-state index is 0.183. The average molecular weight is 271 g/mol. The molecule has 0 amide bonds. The summed E-state index contributed by atoms with van der Waals surface area (Å²) in [5.74, 6) is 0.828. The summed E-state index contributed by atoms with van der Waals surface area (Å²) in [6.07, 6.45) is 2.28. The Hall–Kier alpha value is -2.35. The highest BCUT2D eigenvalue weighted by molar-refractivity contribution is 6.00. The van der Waals surface area contributed by atoms with Crippen LogP contribution >= 0.6 is 0 Å². The third kappa shape index (κ3) is 2.03. The quantitative estimate of drug-likeness (QED) is 0.867. The Morgan fingerprint density at radius 1 is 1.45 bits per heavy atom. The molecule has 0 fully saturated rings. The molecule has 2 aromatic heterocycles. The molecule has 20 heavy (non-hydrogen) atoms. The fourth-order valence-corrected chi connectivity index (χ4v) is 2.24. The van der Waals surface area contributed by atoms with Crippen LogP contribution in [-0.2, 0) is 0 Å². The van der Waals surface area contributed by atoms with Crippen LogP contribution in [0.2, 0.25) is 0 Å². The van der Waals surface area contributed by atoms with Gasteiger partial charge in [-0.1, -0.05) is 20.8 Å². The molecule has 2 rings (SSSR count). The summed E-state index contributed by atoms with van der Waals surface area (Å²) >= 11 is 0. The molecule has 0 spiro atoms. The molecule has 0 aliphatic rings. The van der Waals surface area contributed by atoms with Gasteiger partial charge in [-0.2, -0.15) is 5.26 Å². The van der Waals surface area contributed by atoms with Gasteiger partial charge in [0.2, 0.25) is 5.88 Å². The van der Waals surface area contributed by atoms with Crippen LogP contribution < -0.4 is 4.74 Å². The van der Waals surface area contributed by atoms with Crippen molar-refractivity contribution in [1.29, 1.82) is 5.26 Å². The van der Waals surface area contributed by atoms with Crippen molar-refractivity contribution >= 4 is 17.2 Å². The lowest BCUT2D eigenvalue weighted by Gasteiger charge is -2.14. The molecule has 0 saturated heterocycles. The second kappa shape index (κ2) is 5.33. The molecule has 0 aliphatic carbocycles. The number of H-pyrrole nitrogens is 1. The van der Waals surface area contributed by atoms with Crippen LogP contribution in [0, 0.1) is 17.2 Å². The second-order valence-electron chi connectivity index (χ2n) is 5.15. The van der Waals surface area contributed by atoms with Gasteiger partial charge in [0.1, 0.15) is 11.6 Å². The van der Waals surface area contributed by atoms with Gasteiger partial charge in [-0.15, -0.1) is 0 Å². The lowest BCUT2D eigenvalue weighted by molar-refractivity contribution is 0.112. The van der Waals surface area contributed by atoms with Gasteiger partial charge in [-0.05, 0) is 11.8 Å². The van der Waals surface area contributed by atoms with Crippen LogP contribution in [-0.4, -0.2) is 23.4 Å². The molecule has 0 aromatic carbocycles. The van der Waals surface area contributed by atoms with Gasteiger partial charge in [0.05, 0.1) is 18.2 Å². The lowest BCUT2D eigenvalue weighted by Crippen LogP contribution is -2.04. The number of methoxy groups -OCH3 is 1. The first-order valence-corrected chi connectivity index (χ1v) is 6.48. The van der Waals surface area contributed by atoms with E-state index in [9.17, 15) is 10.1 Å². The van der Waals surface area contributed by atoms with Crippen molar-refractivity contribution in [3.63, 3.8) is 0 Å². The Balaban J connectivity index is 2.80. The number of carbonyl (C=O) groups is 1. The number of carbonyl (C=O) groups excluding carboxylic acids is 1. The van der Waals surface area contributed by atoms with E-state index in [4.69, 9.17) is 4.74 Å². The predicted molar refractivity (Wildman–Crippen MR) is 76.0 cm³/mol. The number of nitrogens with one attached hydrogen (secondary N) is 1. The van der Waals surface area contributed by atoms with Crippen molar-refractivity contribution in [3.05, 3.63) is 23.0 Å². The number of hydrogen-bond acceptors (Lipinski definition) is 4. The maximum Gasteiger partial charge on any atom is 0.225 e. The highest BCUT2D eigenvalue weighted by Gasteiger charge is 2.22. The Labute approximate surface area is 117 Å². The molecule has 2 heterocycles. The highest BCUT2D eigenvalue weighted by atomic mass is 16.5. The number of ether oxygens (including phenoxy) is 1. The number of hydrogen-bond donors (Lipinski definition) is 1. The van der Waals surface area contributed by atoms with Crippen LogP contribution in [0.3, 0.4) is 0 Å². The Morgan fingerprint density at radius 3 is 2.65 bits per heavy atom. The molecule has 1 N–H and O–H groups in total. The van der Waals surface area contributed by atoms with Crippen molar-refractivity contribution in [3.8, 4) is 11.9 Å². The van der Waals surface area contributed by atoms with Crippen molar-refractivity contribution in [2.24, 2.45) is 5.92 Å². The van der Waals surface area contributed by atoms with Gasteiger partial charge in [0, 0.05) is 17.3 Å². The zero-order chi connectivity index (χ0) is 14.9. The van der Waals surface area contributed by atoms with Crippen LogP contribution in [0.1, 0.15) is 48.3 Å². The third-order valence-corrected chi connectivity index (χ3v) is 3.76. The first kappa shape index (κ1) is 14.1. The summed E-state index contributed by atoms with van der Waals surface area (Å²) in [5, 5.41) is 10.1. The first-order valence-electron chi connectivity index (χ1n) is 6.48. The summed E-state index contributed by atoms with van der Waals surface area (Å²) in [4.78, 5) is 18.6. The molecule has 0 radical (unpaired) electrons. The molecule has 0 aliphatic heterocycles. The van der Waals surface area contributed by atoms with E-state index in [0.29, 0.717) is 34.2 Å². The topological polar surface area (TPSA) is 78.8 Å². The third-order valence-electron chi connectivity index (χ3n) is 3.76. The standard InChI is InChI=1S/C15H17N3O2/c1-8(2)9(3)13-10(5-16)11-6-17-15(20-4)12(7-19)14(11)18-13/h6-9,18H,1-4H3. The highest BCUT2D eigenvalue weighted by Crippen LogP contribution is 2.33. The molecular weight excluding hydrogens is 254 g/mol. The van der Waals surface area contributed by atoms with E-state index in [0.717, 1.165) is 5.69 Å². The van der Waals surface area contributed by atoms with E-state index in [1.165, 1.54) is 7.11 Å². The summed E-state index contributed by atoms with van der Waals surface area (Å²) in [6.45, 7) is 6.25. The normalized spacial score (nSPS) is 12.4. The number of aromatic amines is 1. The van der Waals surface area contributed by atoms with E-state index >= 15 is 0 Å². The number of fused-ring (bicyclic) bond motifs is 1. The first-order chi connectivity index (χ1) is 9.54. The number of rotatable bonds is 4. The molecule has 1 atom stereocenters. The van der Waals surface area contributed by atoms with E-state index in [2.05, 4.69) is 36.8 Å². The zero-order valence-corrected chi connectivity index (χ0v) is 12.0. The summed E-state index contributed by atoms with van der Waals surface area (Å²) in [7, 11) is 1.47. The minimum Gasteiger partial charge on any atom is -0.480 e. The number of nitrogens with zero attached hydrogens (tertiary/aromatic N) is 2. The van der Waals surface area contributed by atoms with Gasteiger partial charge >= 0.3 is 0 Å². The average Bonchev–Trinajstić information content (AvgIpc) is 2.83. The Bertz CT molecular complexity index is 695. The molecule has 104 valence electrons. The largest absolute Gasteiger partial charge is 0.480 e. The van der Waals surface area contributed by atoms with Crippen LogP contribution in [0.5, 0.6) is 5.88 Å². The second-order valence-corrected chi connectivity index (χ2v) is 5.15. The Kier molecular flexibility index (Phi) is 3.75. The number of nitriles is 1. The number of aldehydes is 1. The van der Waals surface area contributed by atoms with Crippen molar-refractivity contribution in [1.82, 2.24) is 9.97 Å². The SMILES string of the molecule is COc1ncc2c(C#N)c(C(C)C(C)C)[nH]c2c1C=O. The molecule has 2 aromatic rings. The van der Waals surface area contributed by atoms with Gasteiger partial charge in [0.15, 0.2) is 6.29 Å². The molecule has 0 saturated carbocycles. The van der Waals surface area contributed by atoms with E-state index in [1.807, 2.05) is 0 Å². The monoisotopic (exact) mass is 271 g/mol. The Morgan fingerprint density at radius 2 is 2.15 bits per heavy atom. The van der Waals surface area contributed by atoms with Crippen LogP contribution in [0.25, 0.3) is 10.9 Å². The fraction of sp³-hybridized carbons (Fsp3) is 0.400. The molecule has 5 nitrogen and oxygen atoms in total. The number of pyridine rings is 1. The van der Waals surface area contributed by atoms with E-state index in [1.54, 1.807) is 6.20 Å². The van der Waals surface area contributed by atoms with Gasteiger partial charge in [-0.3, -0.25) is 4.79 Å². The maximum absolute atomic E-state index is 11.3. The van der Waals surface area contributed by atoms with Crippen LogP contribution in [0.4, 0.5) is 0 Å². The molecule has 1 unspecified atom stereocenters. The maximum atomic E-state index is 11.3. The van der Waals surface area contributed by atoms with Gasteiger partial charge < -0.3 is 9.72 Å². The van der Waals surface area contributed by atoms with E-state index in [-0.39, 0.29) is 11.8 Å². The van der Waals surface area contributed by atoms with Crippen LogP contribution in [0.15, 0.2) is 6.20 Å². The summed E-state index contributed by atoms with van der Waals surface area (Å²) in [6, 6.07) is 2.22. The molecular formula is C15H17N3O2. The van der Waals surface area contributed by atoms with Crippen molar-refractivity contribution in [2.45, 2.75) is 26.7 Å². The zero-order valence-electron chi connectivity index (χ0n) is 12.0. The van der Waals surface area contributed by atoms with Crippen molar-refractivity contribution in [2.75, 3.05) is 7.11 Å². The predicted octanol–water partition coefficient (Wildman–Crippen LogP) is 3.02. The lowest BCUT2D eigenvalue weighted by atomic mass is 9.92. The molecule has 0 bridgehead atoms. The fourth-order valence-electron chi connectivity index (χ4n) is 2.24. The minimum absolute atomic E-state index is 0.183.